The molecule has 1 unspecified atom stereocenters. The number of nitrogens with one attached hydrogen (secondary N) is 2. The van der Waals surface area contributed by atoms with Crippen molar-refractivity contribution in [3.8, 4) is 0 Å². The van der Waals surface area contributed by atoms with Crippen LogP contribution in [0.5, 0.6) is 0 Å². The number of quaternary nitrogens is 1. The number of likely N-dealkylation sites (N-methyl/N-ethyl adjacent to an activating group) is 1. The molecule has 3 rings (SSSR count). The Morgan fingerprint density at radius 1 is 1.28 bits per heavy atom. The predicted octanol–water partition coefficient (Wildman–Crippen LogP) is 2.84. The average molecular weight is 375 g/mol. The van der Waals surface area contributed by atoms with Crippen molar-refractivity contribution in [3.63, 3.8) is 0 Å². The van der Waals surface area contributed by atoms with Crippen LogP contribution >= 0.6 is 22.9 Å². The summed E-state index contributed by atoms with van der Waals surface area (Å²) in [4.78, 5) is 18.0. The van der Waals surface area contributed by atoms with Crippen molar-refractivity contribution in [1.29, 1.82) is 0 Å². The molecule has 6 heteroatoms. The Bertz CT molecular complexity index is 847. The Morgan fingerprint density at radius 2 is 2.08 bits per heavy atom. The molecule has 0 spiro atoms. The van der Waals surface area contributed by atoms with E-state index in [1.807, 2.05) is 56.4 Å². The highest BCUT2D eigenvalue weighted by Crippen LogP contribution is 2.20. The molecule has 0 saturated carbocycles. The number of rotatable bonds is 6. The predicted molar refractivity (Wildman–Crippen MR) is 103 cm³/mol. The summed E-state index contributed by atoms with van der Waals surface area (Å²) >= 11 is 7.70. The van der Waals surface area contributed by atoms with E-state index < -0.39 is 0 Å². The number of carbonyl (C=O) groups excluding carboxylic acids is 1. The second-order valence-electron chi connectivity index (χ2n) is 6.23. The van der Waals surface area contributed by atoms with Crippen LogP contribution in [0.2, 0.25) is 5.02 Å². The van der Waals surface area contributed by atoms with Crippen molar-refractivity contribution < 1.29 is 9.69 Å². The highest BCUT2D eigenvalue weighted by Gasteiger charge is 2.16. The van der Waals surface area contributed by atoms with Gasteiger partial charge in [-0.15, -0.1) is 11.3 Å². The van der Waals surface area contributed by atoms with Crippen LogP contribution in [0.3, 0.4) is 0 Å². The first-order valence-corrected chi connectivity index (χ1v) is 9.41. The molecule has 2 N–H and O–H groups in total. The maximum absolute atomic E-state index is 12.3. The van der Waals surface area contributed by atoms with Crippen molar-refractivity contribution in [3.05, 3.63) is 64.1 Å². The van der Waals surface area contributed by atoms with E-state index in [0.29, 0.717) is 11.6 Å². The summed E-state index contributed by atoms with van der Waals surface area (Å²) in [6.45, 7) is 3.10. The third-order valence-electron chi connectivity index (χ3n) is 3.98. The van der Waals surface area contributed by atoms with Gasteiger partial charge in [0.1, 0.15) is 11.6 Å². The lowest BCUT2D eigenvalue weighted by Gasteiger charge is -2.17. The van der Waals surface area contributed by atoms with E-state index in [-0.39, 0.29) is 11.9 Å². The molecule has 130 valence electrons. The standard InChI is InChI=1S/C19H20ClN3OS/c1-13(14-6-5-7-15(20)10-14)21-18(24)11-23(2)12-19-22-16-8-3-4-9-17(16)25-19/h3-10,13H,11-12H2,1-2H3,(H,21,24)/p+1/t13-/m0/s1. The molecule has 2 aromatic carbocycles. The normalized spacial score (nSPS) is 13.6. The summed E-state index contributed by atoms with van der Waals surface area (Å²) in [5.41, 5.74) is 2.03. The van der Waals surface area contributed by atoms with Crippen molar-refractivity contribution in [2.45, 2.75) is 19.5 Å². The van der Waals surface area contributed by atoms with Crippen LogP contribution in [-0.4, -0.2) is 24.5 Å². The summed E-state index contributed by atoms with van der Waals surface area (Å²) in [5.74, 6) is 0.0195. The molecule has 0 fully saturated rings. The minimum Gasteiger partial charge on any atom is -0.345 e. The molecule has 2 atom stereocenters. The smallest absolute Gasteiger partial charge is 0.275 e. The highest BCUT2D eigenvalue weighted by atomic mass is 35.5. The lowest BCUT2D eigenvalue weighted by atomic mass is 10.1. The number of hydrogen-bond acceptors (Lipinski definition) is 3. The number of fused-ring (bicyclic) bond motifs is 1. The van der Waals surface area contributed by atoms with Gasteiger partial charge in [-0.1, -0.05) is 35.9 Å². The molecule has 0 aliphatic heterocycles. The molecule has 3 aromatic rings. The Labute approximate surface area is 156 Å². The van der Waals surface area contributed by atoms with Gasteiger partial charge in [0.05, 0.1) is 23.3 Å². The highest BCUT2D eigenvalue weighted by molar-refractivity contribution is 7.18. The zero-order valence-corrected chi connectivity index (χ0v) is 15.8. The van der Waals surface area contributed by atoms with E-state index in [1.165, 1.54) is 4.70 Å². The molecule has 1 aromatic heterocycles. The molecule has 0 aliphatic rings. The van der Waals surface area contributed by atoms with Gasteiger partial charge in [-0.2, -0.15) is 0 Å². The van der Waals surface area contributed by atoms with Crippen LogP contribution in [0.1, 0.15) is 23.5 Å². The number of hydrogen-bond donors (Lipinski definition) is 2. The summed E-state index contributed by atoms with van der Waals surface area (Å²) in [6.07, 6.45) is 0. The first-order valence-electron chi connectivity index (χ1n) is 8.22. The van der Waals surface area contributed by atoms with Gasteiger partial charge in [0, 0.05) is 5.02 Å². The van der Waals surface area contributed by atoms with E-state index in [4.69, 9.17) is 11.6 Å². The zero-order chi connectivity index (χ0) is 17.8. The maximum atomic E-state index is 12.3. The molecule has 0 bridgehead atoms. The van der Waals surface area contributed by atoms with Gasteiger partial charge < -0.3 is 10.2 Å². The first-order chi connectivity index (χ1) is 12.0. The van der Waals surface area contributed by atoms with E-state index in [1.54, 1.807) is 11.3 Å². The minimum absolute atomic E-state index is 0.0195. The molecule has 0 aliphatic carbocycles. The molecular formula is C19H21ClN3OS+. The maximum Gasteiger partial charge on any atom is 0.275 e. The van der Waals surface area contributed by atoms with Crippen LogP contribution in [0.4, 0.5) is 0 Å². The monoisotopic (exact) mass is 374 g/mol. The number of nitrogens with zero attached hydrogens (tertiary/aromatic N) is 1. The topological polar surface area (TPSA) is 46.4 Å². The molecule has 4 nitrogen and oxygen atoms in total. The number of thiazole rings is 1. The molecule has 0 saturated heterocycles. The Kier molecular flexibility index (Phi) is 5.68. The van der Waals surface area contributed by atoms with E-state index in [2.05, 4.69) is 16.4 Å². The van der Waals surface area contributed by atoms with Gasteiger partial charge in [0.25, 0.3) is 5.91 Å². The van der Waals surface area contributed by atoms with Gasteiger partial charge in [0.15, 0.2) is 6.54 Å². The number of para-hydroxylation sites is 1. The van der Waals surface area contributed by atoms with Gasteiger partial charge in [-0.05, 0) is 36.8 Å². The van der Waals surface area contributed by atoms with Crippen LogP contribution in [-0.2, 0) is 11.3 Å². The van der Waals surface area contributed by atoms with Crippen LogP contribution in [0, 0.1) is 0 Å². The third-order valence-corrected chi connectivity index (χ3v) is 5.25. The van der Waals surface area contributed by atoms with E-state index in [9.17, 15) is 4.79 Å². The lowest BCUT2D eigenvalue weighted by Crippen LogP contribution is -3.08. The van der Waals surface area contributed by atoms with Crippen LogP contribution < -0.4 is 10.2 Å². The molecule has 0 radical (unpaired) electrons. The fourth-order valence-electron chi connectivity index (χ4n) is 2.74. The number of aromatic nitrogens is 1. The first kappa shape index (κ1) is 17.9. The number of benzene rings is 2. The summed E-state index contributed by atoms with van der Waals surface area (Å²) in [7, 11) is 2.01. The van der Waals surface area contributed by atoms with Crippen molar-refractivity contribution in [2.24, 2.45) is 0 Å². The van der Waals surface area contributed by atoms with Gasteiger partial charge >= 0.3 is 0 Å². The minimum atomic E-state index is -0.0681. The molecular weight excluding hydrogens is 354 g/mol. The Morgan fingerprint density at radius 3 is 2.84 bits per heavy atom. The van der Waals surface area contributed by atoms with E-state index in [0.717, 1.165) is 27.5 Å². The molecule has 25 heavy (non-hydrogen) atoms. The third kappa shape index (κ3) is 4.78. The largest absolute Gasteiger partial charge is 0.345 e. The fourth-order valence-corrected chi connectivity index (χ4v) is 4.02. The number of carbonyl (C=O) groups is 1. The average Bonchev–Trinajstić information content (AvgIpc) is 2.96. The second-order valence-corrected chi connectivity index (χ2v) is 7.78. The van der Waals surface area contributed by atoms with Gasteiger partial charge in [0.2, 0.25) is 0 Å². The van der Waals surface area contributed by atoms with Crippen molar-refractivity contribution in [1.82, 2.24) is 10.3 Å². The molecule has 1 heterocycles. The lowest BCUT2D eigenvalue weighted by molar-refractivity contribution is -0.885. The SMILES string of the molecule is C[C@H](NC(=O)C[NH+](C)Cc1nc2ccccc2s1)c1cccc(Cl)c1. The van der Waals surface area contributed by atoms with Crippen LogP contribution in [0.15, 0.2) is 48.5 Å². The van der Waals surface area contributed by atoms with E-state index >= 15 is 0 Å². The van der Waals surface area contributed by atoms with Gasteiger partial charge in [-0.3, -0.25) is 4.79 Å². The summed E-state index contributed by atoms with van der Waals surface area (Å²) < 4.78 is 1.18. The number of amides is 1. The second kappa shape index (κ2) is 7.95. The quantitative estimate of drug-likeness (QED) is 0.697. The van der Waals surface area contributed by atoms with Crippen LogP contribution in [0.25, 0.3) is 10.2 Å². The Hall–Kier alpha value is -1.95. The molecule has 1 amide bonds. The Balaban J connectivity index is 1.55. The van der Waals surface area contributed by atoms with Crippen molar-refractivity contribution >= 4 is 39.1 Å². The summed E-state index contributed by atoms with van der Waals surface area (Å²) in [6, 6.07) is 15.6. The van der Waals surface area contributed by atoms with Crippen molar-refractivity contribution in [2.75, 3.05) is 13.6 Å². The number of halogens is 1. The fraction of sp³-hybridized carbons (Fsp3) is 0.263. The zero-order valence-electron chi connectivity index (χ0n) is 14.3. The summed E-state index contributed by atoms with van der Waals surface area (Å²) in [5, 5.41) is 4.76. The van der Waals surface area contributed by atoms with Gasteiger partial charge in [-0.25, -0.2) is 4.98 Å².